The second-order valence-corrected chi connectivity index (χ2v) is 5.08. The number of nitrogens with two attached hydrogens (primary N) is 1. The van der Waals surface area contributed by atoms with E-state index in [1.54, 1.807) is 6.07 Å². The molecule has 4 nitrogen and oxygen atoms in total. The molecule has 0 spiro atoms. The van der Waals surface area contributed by atoms with Crippen molar-refractivity contribution in [2.75, 3.05) is 12.3 Å². The highest BCUT2D eigenvalue weighted by Gasteiger charge is 2.17. The number of benzene rings is 2. The first-order chi connectivity index (χ1) is 10.1. The van der Waals surface area contributed by atoms with E-state index in [1.807, 2.05) is 49.4 Å². The molecule has 2 aromatic rings. The molecule has 0 saturated carbocycles. The first-order valence-corrected chi connectivity index (χ1v) is 6.92. The highest BCUT2D eigenvalue weighted by atomic mass is 16.3. The molecule has 0 bridgehead atoms. The Kier molecular flexibility index (Phi) is 4.95. The average molecular weight is 284 g/mol. The van der Waals surface area contributed by atoms with E-state index in [9.17, 15) is 9.90 Å². The summed E-state index contributed by atoms with van der Waals surface area (Å²) in [4.78, 5) is 12.3. The van der Waals surface area contributed by atoms with Crippen LogP contribution in [0.4, 0.5) is 5.69 Å². The number of nitrogens with one attached hydrogen (secondary N) is 1. The minimum atomic E-state index is -0.334. The molecule has 4 N–H and O–H groups in total. The summed E-state index contributed by atoms with van der Waals surface area (Å²) in [5.74, 6) is -0.249. The Morgan fingerprint density at radius 1 is 1.19 bits per heavy atom. The SMILES string of the molecule is Cc1cccc(N)c1C(=O)NC(CO)Cc1ccccc1. The molecule has 1 atom stereocenters. The fraction of sp³-hybridized carbons (Fsp3) is 0.235. The molecule has 0 radical (unpaired) electrons. The minimum absolute atomic E-state index is 0.119. The standard InChI is InChI=1S/C17H20N2O2/c1-12-6-5-9-15(18)16(12)17(21)19-14(11-20)10-13-7-3-2-4-8-13/h2-9,14,20H,10-11,18H2,1H3,(H,19,21). The highest BCUT2D eigenvalue weighted by Crippen LogP contribution is 2.16. The second kappa shape index (κ2) is 6.90. The predicted octanol–water partition coefficient (Wildman–Crippen LogP) is 1.91. The van der Waals surface area contributed by atoms with Crippen LogP contribution in [0.15, 0.2) is 48.5 Å². The molecule has 0 aliphatic rings. The van der Waals surface area contributed by atoms with Crippen molar-refractivity contribution in [2.24, 2.45) is 0 Å². The van der Waals surface area contributed by atoms with Gasteiger partial charge >= 0.3 is 0 Å². The predicted molar refractivity (Wildman–Crippen MR) is 84.1 cm³/mol. The number of aliphatic hydroxyl groups excluding tert-OH is 1. The van der Waals surface area contributed by atoms with Gasteiger partial charge in [0.1, 0.15) is 0 Å². The van der Waals surface area contributed by atoms with Gasteiger partial charge in [-0.1, -0.05) is 42.5 Å². The van der Waals surface area contributed by atoms with Crippen LogP contribution in [0.5, 0.6) is 0 Å². The Balaban J connectivity index is 2.10. The maximum atomic E-state index is 12.3. The number of aryl methyl sites for hydroxylation is 1. The van der Waals surface area contributed by atoms with Crippen LogP contribution < -0.4 is 11.1 Å². The fourth-order valence-electron chi connectivity index (χ4n) is 2.32. The molecule has 21 heavy (non-hydrogen) atoms. The van der Waals surface area contributed by atoms with Crippen molar-refractivity contribution in [3.63, 3.8) is 0 Å². The zero-order valence-electron chi connectivity index (χ0n) is 12.0. The molecule has 0 saturated heterocycles. The van der Waals surface area contributed by atoms with Crippen LogP contribution in [0.1, 0.15) is 21.5 Å². The van der Waals surface area contributed by atoms with E-state index in [1.165, 1.54) is 0 Å². The summed E-state index contributed by atoms with van der Waals surface area (Å²) in [6, 6.07) is 14.8. The van der Waals surface area contributed by atoms with Gasteiger partial charge in [-0.25, -0.2) is 0 Å². The lowest BCUT2D eigenvalue weighted by atomic mass is 10.0. The van der Waals surface area contributed by atoms with Crippen molar-refractivity contribution in [1.82, 2.24) is 5.32 Å². The topological polar surface area (TPSA) is 75.4 Å². The van der Waals surface area contributed by atoms with Gasteiger partial charge in [-0.2, -0.15) is 0 Å². The number of nitrogen functional groups attached to an aromatic ring is 1. The third kappa shape index (κ3) is 3.83. The minimum Gasteiger partial charge on any atom is -0.398 e. The third-order valence-corrected chi connectivity index (χ3v) is 3.41. The van der Waals surface area contributed by atoms with Gasteiger partial charge in [-0.05, 0) is 30.5 Å². The zero-order valence-corrected chi connectivity index (χ0v) is 12.0. The number of hydrogen-bond donors (Lipinski definition) is 3. The van der Waals surface area contributed by atoms with E-state index in [0.717, 1.165) is 11.1 Å². The van der Waals surface area contributed by atoms with Crippen LogP contribution in [0.25, 0.3) is 0 Å². The Labute approximate surface area is 124 Å². The Hall–Kier alpha value is -2.33. The number of carbonyl (C=O) groups excluding carboxylic acids is 1. The summed E-state index contributed by atoms with van der Waals surface area (Å²) in [6.45, 7) is 1.73. The van der Waals surface area contributed by atoms with Gasteiger partial charge in [0, 0.05) is 5.69 Å². The number of hydrogen-bond acceptors (Lipinski definition) is 3. The van der Waals surface area contributed by atoms with Crippen LogP contribution in [-0.2, 0) is 6.42 Å². The summed E-state index contributed by atoms with van der Waals surface area (Å²) < 4.78 is 0. The molecule has 2 aromatic carbocycles. The summed E-state index contributed by atoms with van der Waals surface area (Å²) in [5, 5.41) is 12.3. The van der Waals surface area contributed by atoms with Crippen molar-refractivity contribution >= 4 is 11.6 Å². The lowest BCUT2D eigenvalue weighted by molar-refractivity contribution is 0.0917. The number of amides is 1. The van der Waals surface area contributed by atoms with Crippen molar-refractivity contribution in [3.8, 4) is 0 Å². The molecule has 1 amide bonds. The molecule has 0 aromatic heterocycles. The van der Waals surface area contributed by atoms with Gasteiger partial charge in [0.15, 0.2) is 0 Å². The molecule has 0 fully saturated rings. The van der Waals surface area contributed by atoms with E-state index in [-0.39, 0.29) is 18.6 Å². The lowest BCUT2D eigenvalue weighted by Crippen LogP contribution is -2.39. The van der Waals surface area contributed by atoms with Gasteiger partial charge in [-0.15, -0.1) is 0 Å². The quantitative estimate of drug-likeness (QED) is 0.734. The number of anilines is 1. The van der Waals surface area contributed by atoms with E-state index < -0.39 is 0 Å². The molecule has 110 valence electrons. The van der Waals surface area contributed by atoms with E-state index in [0.29, 0.717) is 17.7 Å². The first-order valence-electron chi connectivity index (χ1n) is 6.92. The number of rotatable bonds is 5. The van der Waals surface area contributed by atoms with Crippen molar-refractivity contribution in [1.29, 1.82) is 0 Å². The monoisotopic (exact) mass is 284 g/mol. The van der Waals surface area contributed by atoms with Crippen molar-refractivity contribution < 1.29 is 9.90 Å². The second-order valence-electron chi connectivity index (χ2n) is 5.08. The number of carbonyl (C=O) groups is 1. The molecular formula is C17H20N2O2. The summed E-state index contributed by atoms with van der Waals surface area (Å²) in [5.41, 5.74) is 8.68. The van der Waals surface area contributed by atoms with Gasteiger partial charge in [0.05, 0.1) is 18.2 Å². The van der Waals surface area contributed by atoms with E-state index in [4.69, 9.17) is 5.73 Å². The zero-order chi connectivity index (χ0) is 15.2. The largest absolute Gasteiger partial charge is 0.398 e. The van der Waals surface area contributed by atoms with Crippen molar-refractivity contribution in [2.45, 2.75) is 19.4 Å². The maximum Gasteiger partial charge on any atom is 0.253 e. The van der Waals surface area contributed by atoms with Crippen molar-refractivity contribution in [3.05, 3.63) is 65.2 Å². The average Bonchev–Trinajstić information content (AvgIpc) is 2.47. The summed E-state index contributed by atoms with van der Waals surface area (Å²) in [7, 11) is 0. The Morgan fingerprint density at radius 2 is 1.90 bits per heavy atom. The lowest BCUT2D eigenvalue weighted by Gasteiger charge is -2.18. The molecule has 4 heteroatoms. The van der Waals surface area contributed by atoms with Crippen LogP contribution >= 0.6 is 0 Å². The van der Waals surface area contributed by atoms with E-state index in [2.05, 4.69) is 5.32 Å². The maximum absolute atomic E-state index is 12.3. The van der Waals surface area contributed by atoms with E-state index >= 15 is 0 Å². The third-order valence-electron chi connectivity index (χ3n) is 3.41. The van der Waals surface area contributed by atoms with Crippen LogP contribution in [-0.4, -0.2) is 23.7 Å². The Bertz CT molecular complexity index is 591. The summed E-state index contributed by atoms with van der Waals surface area (Å²) in [6.07, 6.45) is 0.578. The van der Waals surface area contributed by atoms with Crippen LogP contribution in [0.2, 0.25) is 0 Å². The molecule has 2 rings (SSSR count). The molecule has 0 aliphatic heterocycles. The fourth-order valence-corrected chi connectivity index (χ4v) is 2.32. The van der Waals surface area contributed by atoms with Gasteiger partial charge < -0.3 is 16.2 Å². The molecule has 1 unspecified atom stereocenters. The Morgan fingerprint density at radius 3 is 2.52 bits per heavy atom. The van der Waals surface area contributed by atoms with Crippen LogP contribution in [0, 0.1) is 6.92 Å². The van der Waals surface area contributed by atoms with Gasteiger partial charge in [-0.3, -0.25) is 4.79 Å². The number of aliphatic hydroxyl groups is 1. The van der Waals surface area contributed by atoms with Gasteiger partial charge in [0.2, 0.25) is 0 Å². The normalized spacial score (nSPS) is 11.9. The molecule has 0 heterocycles. The first kappa shape index (κ1) is 15.1. The summed E-state index contributed by atoms with van der Waals surface area (Å²) >= 11 is 0. The smallest absolute Gasteiger partial charge is 0.253 e. The molecular weight excluding hydrogens is 264 g/mol. The molecule has 0 aliphatic carbocycles. The van der Waals surface area contributed by atoms with Gasteiger partial charge in [0.25, 0.3) is 5.91 Å². The highest BCUT2D eigenvalue weighted by molar-refractivity contribution is 6.00. The van der Waals surface area contributed by atoms with Crippen LogP contribution in [0.3, 0.4) is 0 Å².